The van der Waals surface area contributed by atoms with Gasteiger partial charge >= 0.3 is 0 Å². The summed E-state index contributed by atoms with van der Waals surface area (Å²) < 4.78 is 0. The van der Waals surface area contributed by atoms with E-state index in [0.29, 0.717) is 16.4 Å². The van der Waals surface area contributed by atoms with E-state index in [9.17, 15) is 5.26 Å². The van der Waals surface area contributed by atoms with Crippen molar-refractivity contribution in [3.05, 3.63) is 52.3 Å². The first-order valence-electron chi connectivity index (χ1n) is 7.33. The molecular formula is C17H16ClN5. The van der Waals surface area contributed by atoms with Gasteiger partial charge in [0.05, 0.1) is 22.8 Å². The third-order valence-electron chi connectivity index (χ3n) is 3.56. The summed E-state index contributed by atoms with van der Waals surface area (Å²) >= 11 is 6.00. The molecule has 2 N–H and O–H groups in total. The third kappa shape index (κ3) is 3.43. The zero-order chi connectivity index (χ0) is 16.4. The zero-order valence-electron chi connectivity index (χ0n) is 12.9. The van der Waals surface area contributed by atoms with E-state index in [1.807, 2.05) is 19.1 Å². The number of aromatic amines is 1. The number of hydrogen-bond acceptors (Lipinski definition) is 4. The number of nitrogens with zero attached hydrogens (tertiary/aromatic N) is 3. The van der Waals surface area contributed by atoms with Crippen LogP contribution in [0.3, 0.4) is 0 Å². The molecule has 0 aliphatic heterocycles. The Morgan fingerprint density at radius 2 is 2.17 bits per heavy atom. The molecule has 0 aliphatic carbocycles. The van der Waals surface area contributed by atoms with Crippen LogP contribution in [0.2, 0.25) is 5.02 Å². The van der Waals surface area contributed by atoms with Gasteiger partial charge in [-0.25, -0.2) is 4.98 Å². The van der Waals surface area contributed by atoms with Gasteiger partial charge in [0.25, 0.3) is 0 Å². The average Bonchev–Trinajstić information content (AvgIpc) is 2.91. The first-order chi connectivity index (χ1) is 11.0. The third-order valence-corrected chi connectivity index (χ3v) is 3.79. The van der Waals surface area contributed by atoms with Crippen LogP contribution in [0.15, 0.2) is 30.3 Å². The first kappa shape index (κ1) is 15.3. The quantitative estimate of drug-likeness (QED) is 0.764. The van der Waals surface area contributed by atoms with E-state index >= 15 is 0 Å². The molecule has 6 heteroatoms. The Balaban J connectivity index is 1.85. The number of benzene rings is 1. The fourth-order valence-electron chi connectivity index (χ4n) is 2.56. The van der Waals surface area contributed by atoms with Crippen LogP contribution in [-0.2, 0) is 6.42 Å². The van der Waals surface area contributed by atoms with E-state index in [-0.39, 0.29) is 6.04 Å². The van der Waals surface area contributed by atoms with Crippen molar-refractivity contribution in [1.82, 2.24) is 15.2 Å². The number of fused-ring (bicyclic) bond motifs is 1. The van der Waals surface area contributed by atoms with Crippen molar-refractivity contribution in [3.8, 4) is 6.07 Å². The summed E-state index contributed by atoms with van der Waals surface area (Å²) in [5, 5.41) is 21.2. The SMILES string of the molecule is Cc1cc(CC(C)Nc2cc(C#N)c3cc(Cl)ccc3n2)n[nH]1. The van der Waals surface area contributed by atoms with Crippen LogP contribution < -0.4 is 5.32 Å². The summed E-state index contributed by atoms with van der Waals surface area (Å²) in [7, 11) is 0. The lowest BCUT2D eigenvalue weighted by Crippen LogP contribution is -2.19. The normalized spacial score (nSPS) is 12.1. The fraction of sp³-hybridized carbons (Fsp3) is 0.235. The van der Waals surface area contributed by atoms with Gasteiger partial charge in [0, 0.05) is 28.6 Å². The molecular weight excluding hydrogens is 310 g/mol. The number of pyridine rings is 1. The van der Waals surface area contributed by atoms with E-state index in [4.69, 9.17) is 11.6 Å². The molecule has 0 amide bonds. The van der Waals surface area contributed by atoms with E-state index in [1.165, 1.54) is 0 Å². The Bertz CT molecular complexity index is 894. The van der Waals surface area contributed by atoms with Gasteiger partial charge in [0.15, 0.2) is 0 Å². The van der Waals surface area contributed by atoms with Crippen LogP contribution in [0, 0.1) is 18.3 Å². The zero-order valence-corrected chi connectivity index (χ0v) is 13.6. The summed E-state index contributed by atoms with van der Waals surface area (Å²) in [6.07, 6.45) is 0.770. The molecule has 1 aromatic carbocycles. The second kappa shape index (κ2) is 6.27. The van der Waals surface area contributed by atoms with Crippen molar-refractivity contribution in [1.29, 1.82) is 5.26 Å². The van der Waals surface area contributed by atoms with Gasteiger partial charge < -0.3 is 5.32 Å². The maximum Gasteiger partial charge on any atom is 0.128 e. The Hall–Kier alpha value is -2.58. The van der Waals surface area contributed by atoms with Gasteiger partial charge in [-0.1, -0.05) is 11.6 Å². The molecule has 2 heterocycles. The highest BCUT2D eigenvalue weighted by molar-refractivity contribution is 6.31. The van der Waals surface area contributed by atoms with Crippen LogP contribution >= 0.6 is 11.6 Å². The average molecular weight is 326 g/mol. The number of nitriles is 1. The smallest absolute Gasteiger partial charge is 0.128 e. The Kier molecular flexibility index (Phi) is 4.18. The maximum absolute atomic E-state index is 9.36. The molecule has 0 saturated carbocycles. The molecule has 3 aromatic rings. The predicted octanol–water partition coefficient (Wildman–Crippen LogP) is 3.83. The lowest BCUT2D eigenvalue weighted by Gasteiger charge is -2.14. The Morgan fingerprint density at radius 1 is 1.35 bits per heavy atom. The molecule has 116 valence electrons. The van der Waals surface area contributed by atoms with Crippen molar-refractivity contribution >= 4 is 28.3 Å². The number of aryl methyl sites for hydroxylation is 1. The van der Waals surface area contributed by atoms with Crippen LogP contribution in [0.25, 0.3) is 10.9 Å². The van der Waals surface area contributed by atoms with Crippen LogP contribution in [0.4, 0.5) is 5.82 Å². The summed E-state index contributed by atoms with van der Waals surface area (Å²) in [6, 6.07) is 11.5. The number of hydrogen-bond donors (Lipinski definition) is 2. The van der Waals surface area contributed by atoms with Crippen molar-refractivity contribution < 1.29 is 0 Å². The summed E-state index contributed by atoms with van der Waals surface area (Å²) in [4.78, 5) is 4.56. The second-order valence-electron chi connectivity index (χ2n) is 5.62. The van der Waals surface area contributed by atoms with Crippen LogP contribution in [0.5, 0.6) is 0 Å². The van der Waals surface area contributed by atoms with E-state index in [2.05, 4.69) is 33.5 Å². The topological polar surface area (TPSA) is 77.4 Å². The molecule has 23 heavy (non-hydrogen) atoms. The first-order valence-corrected chi connectivity index (χ1v) is 7.71. The van der Waals surface area contributed by atoms with Gasteiger partial charge in [-0.05, 0) is 44.2 Å². The highest BCUT2D eigenvalue weighted by atomic mass is 35.5. The van der Waals surface area contributed by atoms with Crippen molar-refractivity contribution in [2.45, 2.75) is 26.3 Å². The van der Waals surface area contributed by atoms with Crippen molar-refractivity contribution in [2.75, 3.05) is 5.32 Å². The number of anilines is 1. The molecule has 5 nitrogen and oxygen atoms in total. The van der Waals surface area contributed by atoms with Gasteiger partial charge in [-0.15, -0.1) is 0 Å². The highest BCUT2D eigenvalue weighted by Crippen LogP contribution is 2.24. The fourth-order valence-corrected chi connectivity index (χ4v) is 2.73. The lowest BCUT2D eigenvalue weighted by atomic mass is 10.1. The van der Waals surface area contributed by atoms with Gasteiger partial charge in [-0.2, -0.15) is 10.4 Å². The molecule has 1 atom stereocenters. The molecule has 0 aliphatic rings. The number of halogens is 1. The van der Waals surface area contributed by atoms with E-state index in [0.717, 1.165) is 28.7 Å². The number of aromatic nitrogens is 3. The maximum atomic E-state index is 9.36. The number of H-pyrrole nitrogens is 1. The number of nitrogens with one attached hydrogen (secondary N) is 2. The predicted molar refractivity (Wildman–Crippen MR) is 91.6 cm³/mol. The minimum absolute atomic E-state index is 0.140. The van der Waals surface area contributed by atoms with Gasteiger partial charge in [0.2, 0.25) is 0 Å². The summed E-state index contributed by atoms with van der Waals surface area (Å²) in [5.41, 5.74) is 3.34. The monoisotopic (exact) mass is 325 g/mol. The minimum Gasteiger partial charge on any atom is -0.367 e. The number of rotatable bonds is 4. The molecule has 0 saturated heterocycles. The molecule has 0 fully saturated rings. The lowest BCUT2D eigenvalue weighted by molar-refractivity contribution is 0.761. The summed E-state index contributed by atoms with van der Waals surface area (Å²) in [6.45, 7) is 4.04. The highest BCUT2D eigenvalue weighted by Gasteiger charge is 2.10. The molecule has 0 radical (unpaired) electrons. The second-order valence-corrected chi connectivity index (χ2v) is 6.06. The molecule has 3 rings (SSSR count). The van der Waals surface area contributed by atoms with E-state index < -0.39 is 0 Å². The Labute approximate surface area is 139 Å². The summed E-state index contributed by atoms with van der Waals surface area (Å²) in [5.74, 6) is 0.677. The molecule has 1 unspecified atom stereocenters. The largest absolute Gasteiger partial charge is 0.367 e. The molecule has 0 spiro atoms. The molecule has 0 bridgehead atoms. The minimum atomic E-state index is 0.140. The van der Waals surface area contributed by atoms with Crippen molar-refractivity contribution in [2.24, 2.45) is 0 Å². The van der Waals surface area contributed by atoms with Crippen LogP contribution in [-0.4, -0.2) is 21.2 Å². The van der Waals surface area contributed by atoms with Crippen molar-refractivity contribution in [3.63, 3.8) is 0 Å². The van der Waals surface area contributed by atoms with Gasteiger partial charge in [0.1, 0.15) is 5.82 Å². The molecule has 2 aromatic heterocycles. The van der Waals surface area contributed by atoms with E-state index in [1.54, 1.807) is 18.2 Å². The Morgan fingerprint density at radius 3 is 2.87 bits per heavy atom. The standard InChI is InChI=1S/C17H16ClN5/c1-10(5-14-6-11(2)22-23-14)20-17-7-12(9-19)15-8-13(18)3-4-16(15)21-17/h3-4,6-8,10H,5H2,1-2H3,(H,20,21)(H,22,23). The van der Waals surface area contributed by atoms with Crippen LogP contribution in [0.1, 0.15) is 23.9 Å². The van der Waals surface area contributed by atoms with Gasteiger partial charge in [-0.3, -0.25) is 5.10 Å².